The summed E-state index contributed by atoms with van der Waals surface area (Å²) < 4.78 is 10.3. The molecule has 0 radical (unpaired) electrons. The van der Waals surface area contributed by atoms with Gasteiger partial charge >= 0.3 is 5.97 Å². The third kappa shape index (κ3) is 5.40. The molecular formula is C22H24N2O3. The zero-order valence-corrected chi connectivity index (χ0v) is 16.4. The van der Waals surface area contributed by atoms with Crippen LogP contribution in [-0.2, 0) is 9.53 Å². The fourth-order valence-electron chi connectivity index (χ4n) is 2.46. The molecule has 0 unspecified atom stereocenters. The maximum atomic E-state index is 12.4. The van der Waals surface area contributed by atoms with Crippen LogP contribution in [0.4, 0.5) is 11.4 Å². The molecule has 27 heavy (non-hydrogen) atoms. The Hall–Kier alpha value is -3.17. The van der Waals surface area contributed by atoms with Crippen molar-refractivity contribution in [3.8, 4) is 5.75 Å². The maximum absolute atomic E-state index is 12.4. The van der Waals surface area contributed by atoms with Crippen LogP contribution >= 0.6 is 0 Å². The number of rotatable bonds is 6. The molecule has 0 aliphatic rings. The minimum absolute atomic E-state index is 0.204. The van der Waals surface area contributed by atoms with Crippen LogP contribution in [0.15, 0.2) is 58.0 Å². The molecule has 0 aromatic heterocycles. The number of para-hydroxylation sites is 1. The Balaban J connectivity index is 2.48. The summed E-state index contributed by atoms with van der Waals surface area (Å²) in [5.41, 5.74) is 4.26. The number of aliphatic imine (C=N–C) groups is 2. The molecule has 0 aliphatic carbocycles. The second-order valence-electron chi connectivity index (χ2n) is 5.95. The highest BCUT2D eigenvalue weighted by molar-refractivity contribution is 6.25. The second-order valence-corrected chi connectivity index (χ2v) is 5.95. The van der Waals surface area contributed by atoms with Crippen LogP contribution in [0.25, 0.3) is 0 Å². The molecular weight excluding hydrogens is 340 g/mol. The second kappa shape index (κ2) is 9.51. The Morgan fingerprint density at radius 1 is 1.07 bits per heavy atom. The zero-order chi connectivity index (χ0) is 19.8. The minimum Gasteiger partial charge on any atom is -0.497 e. The molecule has 0 aliphatic heterocycles. The summed E-state index contributed by atoms with van der Waals surface area (Å²) in [5.74, 6) is 3.05. The van der Waals surface area contributed by atoms with Crippen molar-refractivity contribution >= 4 is 28.9 Å². The Morgan fingerprint density at radius 3 is 2.26 bits per heavy atom. The lowest BCUT2D eigenvalue weighted by Crippen LogP contribution is -2.14. The van der Waals surface area contributed by atoms with Crippen LogP contribution in [-0.4, -0.2) is 31.3 Å². The third-order valence-corrected chi connectivity index (χ3v) is 3.93. The summed E-state index contributed by atoms with van der Waals surface area (Å²) >= 11 is 0. The summed E-state index contributed by atoms with van der Waals surface area (Å²) in [7, 11) is 1.60. The van der Waals surface area contributed by atoms with E-state index in [0.717, 1.165) is 22.6 Å². The van der Waals surface area contributed by atoms with Crippen LogP contribution in [0.2, 0.25) is 0 Å². The van der Waals surface area contributed by atoms with E-state index in [1.165, 1.54) is 0 Å². The van der Waals surface area contributed by atoms with Gasteiger partial charge in [-0.25, -0.2) is 9.79 Å². The molecule has 140 valence electrons. The van der Waals surface area contributed by atoms with E-state index in [4.69, 9.17) is 9.47 Å². The topological polar surface area (TPSA) is 60.2 Å². The van der Waals surface area contributed by atoms with Crippen LogP contribution in [0.5, 0.6) is 5.75 Å². The molecule has 2 rings (SSSR count). The monoisotopic (exact) mass is 364 g/mol. The lowest BCUT2D eigenvalue weighted by Gasteiger charge is -2.08. The number of ether oxygens (including phenoxy) is 2. The predicted octanol–water partition coefficient (Wildman–Crippen LogP) is 4.90. The zero-order valence-electron chi connectivity index (χ0n) is 16.4. The summed E-state index contributed by atoms with van der Waals surface area (Å²) in [6, 6.07) is 13.1. The number of carbonyl (C=O) groups excluding carboxylic acids is 1. The SMILES string of the molecule is CCOC(=O)C(=C=Nc1ccc(OC)cc1)C(C)=Nc1c(C)cccc1C. The third-order valence-electron chi connectivity index (χ3n) is 3.93. The van der Waals surface area contributed by atoms with Gasteiger partial charge in [0.05, 0.1) is 30.8 Å². The van der Waals surface area contributed by atoms with Crippen molar-refractivity contribution < 1.29 is 14.3 Å². The molecule has 0 atom stereocenters. The Bertz CT molecular complexity index is 885. The van der Waals surface area contributed by atoms with Gasteiger partial charge in [0.2, 0.25) is 0 Å². The van der Waals surface area contributed by atoms with Crippen molar-refractivity contribution in [1.29, 1.82) is 0 Å². The summed E-state index contributed by atoms with van der Waals surface area (Å²) in [4.78, 5) is 21.3. The van der Waals surface area contributed by atoms with Crippen molar-refractivity contribution in [3.05, 3.63) is 59.2 Å². The number of benzene rings is 2. The fourth-order valence-corrected chi connectivity index (χ4v) is 2.46. The van der Waals surface area contributed by atoms with Crippen LogP contribution in [0.3, 0.4) is 0 Å². The number of aryl methyl sites for hydroxylation is 2. The molecule has 5 heteroatoms. The Labute approximate surface area is 160 Å². The average molecular weight is 364 g/mol. The summed E-state index contributed by atoms with van der Waals surface area (Å²) in [6.45, 7) is 7.75. The maximum Gasteiger partial charge on any atom is 0.349 e. The van der Waals surface area contributed by atoms with E-state index in [9.17, 15) is 4.79 Å². The highest BCUT2D eigenvalue weighted by Gasteiger charge is 2.15. The fraction of sp³-hybridized carbons (Fsp3) is 0.273. The first-order valence-corrected chi connectivity index (χ1v) is 8.73. The van der Waals surface area contributed by atoms with E-state index in [-0.39, 0.29) is 12.2 Å². The molecule has 2 aromatic carbocycles. The molecule has 0 saturated heterocycles. The molecule has 0 fully saturated rings. The van der Waals surface area contributed by atoms with Crippen molar-refractivity contribution in [2.45, 2.75) is 27.7 Å². The van der Waals surface area contributed by atoms with Gasteiger partial charge in [-0.2, -0.15) is 0 Å². The number of nitrogens with zero attached hydrogens (tertiary/aromatic N) is 2. The smallest absolute Gasteiger partial charge is 0.349 e. The summed E-state index contributed by atoms with van der Waals surface area (Å²) in [6.07, 6.45) is 0. The lowest BCUT2D eigenvalue weighted by atomic mass is 10.1. The predicted molar refractivity (Wildman–Crippen MR) is 109 cm³/mol. The van der Waals surface area contributed by atoms with Crippen molar-refractivity contribution in [1.82, 2.24) is 0 Å². The molecule has 0 N–H and O–H groups in total. The largest absolute Gasteiger partial charge is 0.497 e. The first-order chi connectivity index (χ1) is 13.0. The van der Waals surface area contributed by atoms with Gasteiger partial charge in [0.1, 0.15) is 11.3 Å². The van der Waals surface area contributed by atoms with Crippen molar-refractivity contribution in [3.63, 3.8) is 0 Å². The summed E-state index contributed by atoms with van der Waals surface area (Å²) in [5, 5.41) is 0. The Morgan fingerprint density at radius 2 is 1.70 bits per heavy atom. The first-order valence-electron chi connectivity index (χ1n) is 8.73. The van der Waals surface area contributed by atoms with Gasteiger partial charge < -0.3 is 9.47 Å². The minimum atomic E-state index is -0.498. The van der Waals surface area contributed by atoms with Gasteiger partial charge in [0.25, 0.3) is 0 Å². The molecule has 0 saturated carbocycles. The normalized spacial score (nSPS) is 10.8. The molecule has 0 amide bonds. The first kappa shape index (κ1) is 20.1. The van der Waals surface area contributed by atoms with Gasteiger partial charge in [-0.3, -0.25) is 4.99 Å². The van der Waals surface area contributed by atoms with E-state index >= 15 is 0 Å². The lowest BCUT2D eigenvalue weighted by molar-refractivity contribution is -0.137. The van der Waals surface area contributed by atoms with Gasteiger partial charge in [0.15, 0.2) is 0 Å². The van der Waals surface area contributed by atoms with Crippen molar-refractivity contribution in [2.24, 2.45) is 9.98 Å². The standard InChI is InChI=1S/C22H24N2O3/c1-6-27-22(25)20(14-23-18-10-12-19(26-5)13-11-18)17(4)24-21-15(2)8-7-9-16(21)3/h7-13H,6H2,1-5H3. The number of esters is 1. The molecule has 5 nitrogen and oxygen atoms in total. The van der Waals surface area contributed by atoms with Crippen LogP contribution < -0.4 is 4.74 Å². The highest BCUT2D eigenvalue weighted by Crippen LogP contribution is 2.24. The highest BCUT2D eigenvalue weighted by atomic mass is 16.5. The van der Waals surface area contributed by atoms with Crippen LogP contribution in [0.1, 0.15) is 25.0 Å². The number of hydrogen-bond donors (Lipinski definition) is 0. The van der Waals surface area contributed by atoms with Crippen LogP contribution in [0, 0.1) is 13.8 Å². The average Bonchev–Trinajstić information content (AvgIpc) is 2.65. The number of hydrogen-bond acceptors (Lipinski definition) is 5. The molecule has 0 bridgehead atoms. The molecule has 0 heterocycles. The molecule has 0 spiro atoms. The van der Waals surface area contributed by atoms with Gasteiger partial charge in [0, 0.05) is 5.87 Å². The van der Waals surface area contributed by atoms with E-state index in [1.54, 1.807) is 45.2 Å². The van der Waals surface area contributed by atoms with E-state index in [2.05, 4.69) is 15.9 Å². The van der Waals surface area contributed by atoms with Gasteiger partial charge in [-0.1, -0.05) is 18.2 Å². The van der Waals surface area contributed by atoms with E-state index in [1.807, 2.05) is 32.0 Å². The Kier molecular flexibility index (Phi) is 7.09. The number of carbonyl (C=O) groups is 1. The van der Waals surface area contributed by atoms with E-state index in [0.29, 0.717) is 11.4 Å². The van der Waals surface area contributed by atoms with E-state index < -0.39 is 5.97 Å². The van der Waals surface area contributed by atoms with Crippen molar-refractivity contribution in [2.75, 3.05) is 13.7 Å². The van der Waals surface area contributed by atoms with Gasteiger partial charge in [-0.15, -0.1) is 0 Å². The number of methoxy groups -OCH3 is 1. The molecule has 2 aromatic rings. The van der Waals surface area contributed by atoms with Gasteiger partial charge in [-0.05, 0) is 63.1 Å². The quantitative estimate of drug-likeness (QED) is 0.416.